The first-order chi connectivity index (χ1) is 13.2. The molecule has 0 aliphatic carbocycles. The maximum absolute atomic E-state index is 12.6. The van der Waals surface area contributed by atoms with E-state index in [1.165, 1.54) is 5.56 Å². The van der Waals surface area contributed by atoms with E-state index in [-0.39, 0.29) is 36.4 Å². The van der Waals surface area contributed by atoms with Crippen LogP contribution in [0.15, 0.2) is 47.5 Å². The number of methoxy groups -OCH3 is 2. The molecule has 28 heavy (non-hydrogen) atoms. The van der Waals surface area contributed by atoms with Gasteiger partial charge in [-0.05, 0) is 30.2 Å². The molecule has 8 heteroatoms. The van der Waals surface area contributed by atoms with Crippen LogP contribution in [0.4, 0.5) is 11.4 Å². The minimum Gasteiger partial charge on any atom is -0.493 e. The van der Waals surface area contributed by atoms with Gasteiger partial charge < -0.3 is 25.0 Å². The molecule has 0 bridgehead atoms. The van der Waals surface area contributed by atoms with E-state index in [1.54, 1.807) is 27.3 Å². The summed E-state index contributed by atoms with van der Waals surface area (Å²) in [4.78, 5) is 18.6. The molecule has 1 heterocycles. The van der Waals surface area contributed by atoms with E-state index >= 15 is 0 Å². The predicted molar refractivity (Wildman–Crippen MR) is 122 cm³/mol. The van der Waals surface area contributed by atoms with Gasteiger partial charge in [-0.2, -0.15) is 0 Å². The smallest absolute Gasteiger partial charge is 0.246 e. The van der Waals surface area contributed by atoms with Gasteiger partial charge in [-0.3, -0.25) is 9.79 Å². The van der Waals surface area contributed by atoms with Crippen molar-refractivity contribution in [2.45, 2.75) is 6.42 Å². The fraction of sp³-hybridized carbons (Fsp3) is 0.300. The van der Waals surface area contributed by atoms with Gasteiger partial charge in [0.05, 0.1) is 20.8 Å². The molecule has 0 spiro atoms. The number of hydrogen-bond donors (Lipinski definition) is 2. The van der Waals surface area contributed by atoms with Gasteiger partial charge in [0, 0.05) is 31.0 Å². The topological polar surface area (TPSA) is 75.2 Å². The first-order valence-electron chi connectivity index (χ1n) is 8.74. The molecule has 2 aromatic carbocycles. The van der Waals surface area contributed by atoms with Gasteiger partial charge in [-0.1, -0.05) is 18.2 Å². The Kier molecular flexibility index (Phi) is 7.91. The van der Waals surface area contributed by atoms with Crippen molar-refractivity contribution in [1.82, 2.24) is 5.32 Å². The summed E-state index contributed by atoms with van der Waals surface area (Å²) in [6.45, 7) is 0.864. The number of fused-ring (bicyclic) bond motifs is 1. The highest BCUT2D eigenvalue weighted by Gasteiger charge is 2.23. The number of guanidine groups is 1. The van der Waals surface area contributed by atoms with E-state index in [0.717, 1.165) is 17.8 Å². The number of carbonyl (C=O) groups is 1. The molecule has 0 radical (unpaired) electrons. The molecule has 0 aromatic heterocycles. The van der Waals surface area contributed by atoms with Crippen LogP contribution < -0.4 is 25.0 Å². The minimum atomic E-state index is 0. The predicted octanol–water partition coefficient (Wildman–Crippen LogP) is 2.90. The van der Waals surface area contributed by atoms with Crippen LogP contribution in [-0.2, 0) is 11.2 Å². The lowest BCUT2D eigenvalue weighted by Crippen LogP contribution is -2.41. The highest BCUT2D eigenvalue weighted by atomic mass is 127. The second-order valence-electron chi connectivity index (χ2n) is 6.04. The summed E-state index contributed by atoms with van der Waals surface area (Å²) in [6, 6.07) is 13.5. The van der Waals surface area contributed by atoms with E-state index in [4.69, 9.17) is 9.47 Å². The molecule has 1 aliphatic rings. The minimum absolute atomic E-state index is 0. The summed E-state index contributed by atoms with van der Waals surface area (Å²) >= 11 is 0. The number of rotatable bonds is 5. The molecule has 1 aliphatic heterocycles. The Morgan fingerprint density at radius 1 is 1.14 bits per heavy atom. The average Bonchev–Trinajstić information content (AvgIpc) is 3.14. The van der Waals surface area contributed by atoms with Crippen LogP contribution in [0.3, 0.4) is 0 Å². The Bertz CT molecular complexity index is 857. The number of carbonyl (C=O) groups excluding carboxylic acids is 1. The highest BCUT2D eigenvalue weighted by Crippen LogP contribution is 2.30. The summed E-state index contributed by atoms with van der Waals surface area (Å²) in [7, 11) is 4.83. The SMILES string of the molecule is CN=C(NCC(=O)N1CCc2ccccc21)Nc1ccc(OC)c(OC)c1.I. The Labute approximate surface area is 182 Å². The molecule has 2 aromatic rings. The van der Waals surface area contributed by atoms with E-state index in [1.807, 2.05) is 35.2 Å². The van der Waals surface area contributed by atoms with Crippen LogP contribution in [0, 0.1) is 0 Å². The van der Waals surface area contributed by atoms with Gasteiger partial charge in [0.15, 0.2) is 17.5 Å². The third-order valence-corrected chi connectivity index (χ3v) is 4.47. The van der Waals surface area contributed by atoms with Gasteiger partial charge in [0.1, 0.15) is 0 Å². The number of anilines is 2. The number of halogens is 1. The number of nitrogens with one attached hydrogen (secondary N) is 2. The van der Waals surface area contributed by atoms with Gasteiger partial charge in [-0.25, -0.2) is 0 Å². The Morgan fingerprint density at radius 3 is 2.61 bits per heavy atom. The maximum atomic E-state index is 12.6. The van der Waals surface area contributed by atoms with Gasteiger partial charge in [-0.15, -0.1) is 24.0 Å². The van der Waals surface area contributed by atoms with Crippen LogP contribution in [0.1, 0.15) is 5.56 Å². The largest absolute Gasteiger partial charge is 0.493 e. The Balaban J connectivity index is 0.00000280. The van der Waals surface area contributed by atoms with Crippen molar-refractivity contribution in [3.8, 4) is 11.5 Å². The lowest BCUT2D eigenvalue weighted by molar-refractivity contribution is -0.117. The van der Waals surface area contributed by atoms with Gasteiger partial charge >= 0.3 is 0 Å². The van der Waals surface area contributed by atoms with Crippen LogP contribution in [-0.4, -0.2) is 46.2 Å². The van der Waals surface area contributed by atoms with Crippen molar-refractivity contribution < 1.29 is 14.3 Å². The third kappa shape index (κ3) is 4.86. The maximum Gasteiger partial charge on any atom is 0.246 e. The number of ether oxygens (including phenoxy) is 2. The van der Waals surface area contributed by atoms with E-state index in [9.17, 15) is 4.79 Å². The summed E-state index contributed by atoms with van der Waals surface area (Å²) in [5.41, 5.74) is 2.98. The summed E-state index contributed by atoms with van der Waals surface area (Å²) in [5.74, 6) is 1.77. The molecule has 3 rings (SSSR count). The van der Waals surface area contributed by atoms with Crippen molar-refractivity contribution in [2.24, 2.45) is 4.99 Å². The fourth-order valence-corrected chi connectivity index (χ4v) is 3.08. The van der Waals surface area contributed by atoms with Gasteiger partial charge in [0.25, 0.3) is 0 Å². The molecule has 0 atom stereocenters. The monoisotopic (exact) mass is 496 g/mol. The molecule has 1 amide bonds. The van der Waals surface area contributed by atoms with E-state index in [0.29, 0.717) is 24.0 Å². The third-order valence-electron chi connectivity index (χ3n) is 4.47. The Hall–Kier alpha value is -2.49. The summed E-state index contributed by atoms with van der Waals surface area (Å²) in [5, 5.41) is 6.22. The molecule has 0 saturated carbocycles. The summed E-state index contributed by atoms with van der Waals surface area (Å²) < 4.78 is 10.5. The van der Waals surface area contributed by atoms with Crippen molar-refractivity contribution in [3.63, 3.8) is 0 Å². The first-order valence-corrected chi connectivity index (χ1v) is 8.74. The average molecular weight is 496 g/mol. The van der Waals surface area contributed by atoms with Crippen molar-refractivity contribution in [3.05, 3.63) is 48.0 Å². The van der Waals surface area contributed by atoms with Gasteiger partial charge in [0.2, 0.25) is 5.91 Å². The zero-order valence-corrected chi connectivity index (χ0v) is 18.5. The molecule has 150 valence electrons. The lowest BCUT2D eigenvalue weighted by atomic mass is 10.2. The first kappa shape index (κ1) is 21.8. The molecule has 0 unspecified atom stereocenters. The van der Waals surface area contributed by atoms with Crippen LogP contribution in [0.25, 0.3) is 0 Å². The van der Waals surface area contributed by atoms with Crippen LogP contribution in [0.5, 0.6) is 11.5 Å². The van der Waals surface area contributed by atoms with Crippen molar-refractivity contribution >= 4 is 47.2 Å². The van der Waals surface area contributed by atoms with Crippen LogP contribution in [0.2, 0.25) is 0 Å². The highest BCUT2D eigenvalue weighted by molar-refractivity contribution is 14.0. The number of nitrogens with zero attached hydrogens (tertiary/aromatic N) is 2. The van der Waals surface area contributed by atoms with Crippen LogP contribution >= 0.6 is 24.0 Å². The lowest BCUT2D eigenvalue weighted by Gasteiger charge is -2.19. The van der Waals surface area contributed by atoms with Crippen molar-refractivity contribution in [1.29, 1.82) is 0 Å². The molecular weight excluding hydrogens is 471 g/mol. The molecular formula is C20H25IN4O3. The number of benzene rings is 2. The summed E-state index contributed by atoms with van der Waals surface area (Å²) in [6.07, 6.45) is 0.889. The Morgan fingerprint density at radius 2 is 1.89 bits per heavy atom. The molecule has 2 N–H and O–H groups in total. The zero-order valence-electron chi connectivity index (χ0n) is 16.2. The van der Waals surface area contributed by atoms with E-state index in [2.05, 4.69) is 21.7 Å². The fourth-order valence-electron chi connectivity index (χ4n) is 3.08. The van der Waals surface area contributed by atoms with E-state index < -0.39 is 0 Å². The van der Waals surface area contributed by atoms with Crippen molar-refractivity contribution in [2.75, 3.05) is 44.6 Å². The second-order valence-corrected chi connectivity index (χ2v) is 6.04. The molecule has 0 saturated heterocycles. The molecule has 7 nitrogen and oxygen atoms in total. The second kappa shape index (κ2) is 10.2. The zero-order chi connectivity index (χ0) is 19.2. The number of aliphatic imine (C=N–C) groups is 1. The number of hydrogen-bond acceptors (Lipinski definition) is 4. The standard InChI is InChI=1S/C20H24N4O3.HI/c1-21-20(23-15-8-9-17(26-2)18(12-15)27-3)22-13-19(25)24-11-10-14-6-4-5-7-16(14)24;/h4-9,12H,10-11,13H2,1-3H3,(H2,21,22,23);1H. The normalized spacial score (nSPS) is 12.7. The number of para-hydroxylation sites is 1. The number of amides is 1. The quantitative estimate of drug-likeness (QED) is 0.379. The molecule has 0 fully saturated rings.